The Labute approximate surface area is 127 Å². The summed E-state index contributed by atoms with van der Waals surface area (Å²) in [4.78, 5) is 16.1. The first-order valence-corrected chi connectivity index (χ1v) is 7.63. The summed E-state index contributed by atoms with van der Waals surface area (Å²) in [6, 6.07) is 5.35. The van der Waals surface area contributed by atoms with Gasteiger partial charge in [-0.1, -0.05) is 44.6 Å². The van der Waals surface area contributed by atoms with Crippen LogP contribution in [0.15, 0.2) is 18.2 Å². The molecule has 0 aromatic carbocycles. The number of aromatic nitrogens is 1. The van der Waals surface area contributed by atoms with Gasteiger partial charge >= 0.3 is 0 Å². The third-order valence-electron chi connectivity index (χ3n) is 2.98. The summed E-state index contributed by atoms with van der Waals surface area (Å²) < 4.78 is 0. The van der Waals surface area contributed by atoms with Gasteiger partial charge in [0.1, 0.15) is 11.5 Å². The molecule has 2 N–H and O–H groups in total. The number of aliphatic hydroxyl groups excluding tert-OH is 1. The lowest BCUT2D eigenvalue weighted by Crippen LogP contribution is -2.12. The average molecular weight is 288 g/mol. The third kappa shape index (κ3) is 8.11. The number of carbonyl (C=O) groups is 1. The first-order valence-electron chi connectivity index (χ1n) is 7.63. The maximum absolute atomic E-state index is 11.8. The normalized spacial score (nSPS) is 9.81. The molecule has 0 aliphatic carbocycles. The standard InChI is InChI=1S/C17H24N2O2/c1-2-3-4-5-6-13-17(21)19-16-12-9-11-15(18-16)10-7-8-14-20/h9,11-12,20H,2-6,8,13-14H2,1H3,(H,18,19,21). The van der Waals surface area contributed by atoms with Crippen molar-refractivity contribution in [2.24, 2.45) is 0 Å². The largest absolute Gasteiger partial charge is 0.395 e. The molecule has 4 heteroatoms. The summed E-state index contributed by atoms with van der Waals surface area (Å²) in [5.74, 6) is 6.19. The topological polar surface area (TPSA) is 62.2 Å². The number of rotatable bonds is 8. The maximum Gasteiger partial charge on any atom is 0.225 e. The summed E-state index contributed by atoms with van der Waals surface area (Å²) in [5.41, 5.74) is 0.601. The van der Waals surface area contributed by atoms with Crippen molar-refractivity contribution in [1.82, 2.24) is 4.98 Å². The Hall–Kier alpha value is -1.86. The molecule has 4 nitrogen and oxygen atoms in total. The average Bonchev–Trinajstić information content (AvgIpc) is 2.48. The fourth-order valence-electron chi connectivity index (χ4n) is 1.88. The van der Waals surface area contributed by atoms with Crippen LogP contribution in [-0.2, 0) is 4.79 Å². The summed E-state index contributed by atoms with van der Waals surface area (Å²) in [7, 11) is 0. The van der Waals surface area contributed by atoms with E-state index in [-0.39, 0.29) is 12.5 Å². The van der Waals surface area contributed by atoms with Crippen molar-refractivity contribution < 1.29 is 9.90 Å². The molecule has 0 aliphatic heterocycles. The highest BCUT2D eigenvalue weighted by atomic mass is 16.2. The number of hydrogen-bond acceptors (Lipinski definition) is 3. The van der Waals surface area contributed by atoms with Crippen LogP contribution in [-0.4, -0.2) is 22.6 Å². The van der Waals surface area contributed by atoms with Crippen LogP contribution in [0.25, 0.3) is 0 Å². The number of hydrogen-bond donors (Lipinski definition) is 2. The van der Waals surface area contributed by atoms with Gasteiger partial charge in [0.25, 0.3) is 0 Å². The van der Waals surface area contributed by atoms with Crippen molar-refractivity contribution in [3.05, 3.63) is 23.9 Å². The predicted octanol–water partition coefficient (Wildman–Crippen LogP) is 3.11. The highest BCUT2D eigenvalue weighted by Crippen LogP contribution is 2.08. The molecule has 0 radical (unpaired) electrons. The van der Waals surface area contributed by atoms with Crippen molar-refractivity contribution >= 4 is 11.7 Å². The Morgan fingerprint density at radius 1 is 1.29 bits per heavy atom. The first-order chi connectivity index (χ1) is 10.3. The predicted molar refractivity (Wildman–Crippen MR) is 84.8 cm³/mol. The van der Waals surface area contributed by atoms with Crippen LogP contribution in [0, 0.1) is 11.8 Å². The van der Waals surface area contributed by atoms with Gasteiger partial charge in [-0.3, -0.25) is 4.79 Å². The van der Waals surface area contributed by atoms with Crippen molar-refractivity contribution in [3.8, 4) is 11.8 Å². The van der Waals surface area contributed by atoms with Gasteiger partial charge < -0.3 is 10.4 Å². The minimum atomic E-state index is -0.000495. The number of nitrogens with one attached hydrogen (secondary N) is 1. The molecular formula is C17H24N2O2. The zero-order chi connectivity index (χ0) is 15.3. The van der Waals surface area contributed by atoms with Gasteiger partial charge in [-0.2, -0.15) is 0 Å². The van der Waals surface area contributed by atoms with E-state index in [4.69, 9.17) is 5.11 Å². The second-order valence-corrected chi connectivity index (χ2v) is 4.90. The lowest BCUT2D eigenvalue weighted by molar-refractivity contribution is -0.116. The van der Waals surface area contributed by atoms with Crippen LogP contribution in [0.5, 0.6) is 0 Å². The quantitative estimate of drug-likeness (QED) is 0.570. The molecule has 0 saturated carbocycles. The van der Waals surface area contributed by atoms with E-state index in [0.717, 1.165) is 12.8 Å². The number of aliphatic hydroxyl groups is 1. The molecule has 0 unspecified atom stereocenters. The third-order valence-corrected chi connectivity index (χ3v) is 2.98. The van der Waals surface area contributed by atoms with E-state index in [0.29, 0.717) is 24.4 Å². The van der Waals surface area contributed by atoms with Crippen LogP contribution in [0.3, 0.4) is 0 Å². The molecule has 21 heavy (non-hydrogen) atoms. The smallest absolute Gasteiger partial charge is 0.225 e. The number of amides is 1. The number of pyridine rings is 1. The molecule has 0 aliphatic rings. The molecule has 1 amide bonds. The fourth-order valence-corrected chi connectivity index (χ4v) is 1.88. The second kappa shape index (κ2) is 10.9. The van der Waals surface area contributed by atoms with E-state index in [1.54, 1.807) is 12.1 Å². The molecule has 1 heterocycles. The Morgan fingerprint density at radius 2 is 2.10 bits per heavy atom. The van der Waals surface area contributed by atoms with Crippen molar-refractivity contribution in [2.75, 3.05) is 11.9 Å². The molecule has 1 rings (SSSR count). The molecule has 0 fully saturated rings. The van der Waals surface area contributed by atoms with Crippen LogP contribution in [0.4, 0.5) is 5.82 Å². The van der Waals surface area contributed by atoms with E-state index < -0.39 is 0 Å². The number of unbranched alkanes of at least 4 members (excludes halogenated alkanes) is 4. The lowest BCUT2D eigenvalue weighted by Gasteiger charge is -2.04. The molecular weight excluding hydrogens is 264 g/mol. The molecule has 0 bridgehead atoms. The Morgan fingerprint density at radius 3 is 2.86 bits per heavy atom. The number of carbonyl (C=O) groups excluding carboxylic acids is 1. The van der Waals surface area contributed by atoms with E-state index >= 15 is 0 Å². The SMILES string of the molecule is CCCCCCCC(=O)Nc1cccc(C#CCCO)n1. The van der Waals surface area contributed by atoms with Crippen LogP contribution >= 0.6 is 0 Å². The van der Waals surface area contributed by atoms with Crippen LogP contribution in [0.2, 0.25) is 0 Å². The number of anilines is 1. The van der Waals surface area contributed by atoms with Crippen LogP contribution in [0.1, 0.15) is 57.6 Å². The van der Waals surface area contributed by atoms with Gasteiger partial charge in [-0.05, 0) is 24.5 Å². The molecule has 0 spiro atoms. The van der Waals surface area contributed by atoms with Gasteiger partial charge in [0.15, 0.2) is 0 Å². The molecule has 114 valence electrons. The fraction of sp³-hybridized carbons (Fsp3) is 0.529. The van der Waals surface area contributed by atoms with Gasteiger partial charge in [0, 0.05) is 12.8 Å². The summed E-state index contributed by atoms with van der Waals surface area (Å²) in [5, 5.41) is 11.5. The van der Waals surface area contributed by atoms with Crippen molar-refractivity contribution in [3.63, 3.8) is 0 Å². The summed E-state index contributed by atoms with van der Waals surface area (Å²) in [6.45, 7) is 2.22. The van der Waals surface area contributed by atoms with Gasteiger partial charge in [0.2, 0.25) is 5.91 Å². The van der Waals surface area contributed by atoms with Gasteiger partial charge in [-0.25, -0.2) is 4.98 Å². The zero-order valence-corrected chi connectivity index (χ0v) is 12.7. The van der Waals surface area contributed by atoms with Gasteiger partial charge in [0.05, 0.1) is 6.61 Å². The Kier molecular flexibility index (Phi) is 8.90. The van der Waals surface area contributed by atoms with Crippen molar-refractivity contribution in [2.45, 2.75) is 51.9 Å². The van der Waals surface area contributed by atoms with E-state index in [9.17, 15) is 4.79 Å². The minimum Gasteiger partial charge on any atom is -0.395 e. The van der Waals surface area contributed by atoms with Crippen molar-refractivity contribution in [1.29, 1.82) is 0 Å². The summed E-state index contributed by atoms with van der Waals surface area (Å²) in [6.07, 6.45) is 6.61. The highest BCUT2D eigenvalue weighted by molar-refractivity contribution is 5.89. The Balaban J connectivity index is 2.38. The molecule has 0 saturated heterocycles. The minimum absolute atomic E-state index is 0.000495. The van der Waals surface area contributed by atoms with E-state index in [1.807, 2.05) is 6.07 Å². The highest BCUT2D eigenvalue weighted by Gasteiger charge is 2.03. The Bertz CT molecular complexity index is 489. The molecule has 0 atom stereocenters. The monoisotopic (exact) mass is 288 g/mol. The van der Waals surface area contributed by atoms with E-state index in [1.165, 1.54) is 19.3 Å². The molecule has 1 aromatic heterocycles. The second-order valence-electron chi connectivity index (χ2n) is 4.90. The summed E-state index contributed by atoms with van der Waals surface area (Å²) >= 11 is 0. The molecule has 1 aromatic rings. The zero-order valence-electron chi connectivity index (χ0n) is 12.7. The lowest BCUT2D eigenvalue weighted by atomic mass is 10.1. The van der Waals surface area contributed by atoms with Gasteiger partial charge in [-0.15, -0.1) is 0 Å². The maximum atomic E-state index is 11.8. The van der Waals surface area contributed by atoms with E-state index in [2.05, 4.69) is 29.1 Å². The number of nitrogens with zero attached hydrogens (tertiary/aromatic N) is 1. The van der Waals surface area contributed by atoms with Crippen LogP contribution < -0.4 is 5.32 Å². The first kappa shape index (κ1) is 17.2.